The number of hydrogen-bond donors (Lipinski definition) is 1. The van der Waals surface area contributed by atoms with Crippen molar-refractivity contribution >= 4 is 23.2 Å². The van der Waals surface area contributed by atoms with E-state index in [-0.39, 0.29) is 23.8 Å². The normalized spacial score (nSPS) is 20.6. The molecule has 2 fully saturated rings. The number of benzene rings is 1. The standard InChI is InChI=1S/C33H43N5O4/c1-21-17-34-29-25(21)16-24(18-35-29)23-14-22-9-11-36(30(39)37-12-13-41-33(5,6)20-37)19-27(22)26(15-23)28-8-7-10-38(28)31(40)42-32(2,3)4/h14-18,28H,7-13,19-20H2,1-6H3,(H,34,35)/t28-/m0/s1. The summed E-state index contributed by atoms with van der Waals surface area (Å²) >= 11 is 0. The van der Waals surface area contributed by atoms with Crippen molar-refractivity contribution in [3.8, 4) is 11.1 Å². The van der Waals surface area contributed by atoms with Gasteiger partial charge in [0.15, 0.2) is 0 Å². The van der Waals surface area contributed by atoms with Crippen LogP contribution in [0.3, 0.4) is 0 Å². The number of carbonyl (C=O) groups is 2. The Morgan fingerprint density at radius 3 is 2.67 bits per heavy atom. The van der Waals surface area contributed by atoms with E-state index in [9.17, 15) is 9.59 Å². The van der Waals surface area contributed by atoms with Crippen LogP contribution >= 0.6 is 0 Å². The minimum absolute atomic E-state index is 0.0556. The summed E-state index contributed by atoms with van der Waals surface area (Å²) in [5.41, 5.74) is 6.73. The van der Waals surface area contributed by atoms with Crippen LogP contribution in [-0.2, 0) is 22.4 Å². The number of aryl methyl sites for hydroxylation is 1. The molecule has 42 heavy (non-hydrogen) atoms. The molecule has 0 saturated carbocycles. The van der Waals surface area contributed by atoms with E-state index in [4.69, 9.17) is 14.5 Å². The average Bonchev–Trinajstić information content (AvgIpc) is 3.57. The molecule has 0 unspecified atom stereocenters. The van der Waals surface area contributed by atoms with E-state index in [0.29, 0.717) is 39.3 Å². The van der Waals surface area contributed by atoms with Crippen molar-refractivity contribution in [3.05, 3.63) is 52.8 Å². The highest BCUT2D eigenvalue weighted by Gasteiger charge is 2.38. The number of fused-ring (bicyclic) bond motifs is 2. The van der Waals surface area contributed by atoms with Crippen LogP contribution in [0.5, 0.6) is 0 Å². The molecule has 224 valence electrons. The maximum Gasteiger partial charge on any atom is 0.410 e. The Hall–Kier alpha value is -3.59. The van der Waals surface area contributed by atoms with Crippen molar-refractivity contribution in [1.29, 1.82) is 0 Å². The molecule has 2 saturated heterocycles. The van der Waals surface area contributed by atoms with Gasteiger partial charge in [0.2, 0.25) is 0 Å². The molecule has 1 aromatic carbocycles. The molecule has 6 rings (SSSR count). The first-order valence-electron chi connectivity index (χ1n) is 15.2. The van der Waals surface area contributed by atoms with Crippen LogP contribution in [0.15, 0.2) is 30.6 Å². The van der Waals surface area contributed by atoms with Gasteiger partial charge in [-0.25, -0.2) is 14.6 Å². The molecule has 0 radical (unpaired) electrons. The molecule has 1 N–H and O–H groups in total. The first kappa shape index (κ1) is 28.5. The fourth-order valence-corrected chi connectivity index (χ4v) is 6.63. The smallest absolute Gasteiger partial charge is 0.410 e. The Labute approximate surface area is 248 Å². The number of pyridine rings is 1. The first-order valence-corrected chi connectivity index (χ1v) is 15.2. The number of hydrogen-bond acceptors (Lipinski definition) is 5. The molecule has 9 heteroatoms. The number of aromatic nitrogens is 2. The van der Waals surface area contributed by atoms with Gasteiger partial charge in [-0.1, -0.05) is 6.07 Å². The highest BCUT2D eigenvalue weighted by Crippen LogP contribution is 2.40. The Morgan fingerprint density at radius 1 is 1.10 bits per heavy atom. The summed E-state index contributed by atoms with van der Waals surface area (Å²) < 4.78 is 11.7. The Morgan fingerprint density at radius 2 is 1.90 bits per heavy atom. The summed E-state index contributed by atoms with van der Waals surface area (Å²) in [7, 11) is 0. The monoisotopic (exact) mass is 573 g/mol. The average molecular weight is 574 g/mol. The third-order valence-corrected chi connectivity index (χ3v) is 8.65. The molecule has 3 amide bonds. The van der Waals surface area contributed by atoms with Gasteiger partial charge in [-0.2, -0.15) is 0 Å². The van der Waals surface area contributed by atoms with Crippen LogP contribution < -0.4 is 0 Å². The number of likely N-dealkylation sites (tertiary alicyclic amines) is 1. The number of ether oxygens (including phenoxy) is 2. The third kappa shape index (κ3) is 5.59. The van der Waals surface area contributed by atoms with Crippen LogP contribution in [0.1, 0.15) is 75.8 Å². The minimum Gasteiger partial charge on any atom is -0.444 e. The Bertz CT molecular complexity index is 1520. The predicted octanol–water partition coefficient (Wildman–Crippen LogP) is 6.20. The molecule has 3 aromatic rings. The number of nitrogens with one attached hydrogen (secondary N) is 1. The molecule has 1 atom stereocenters. The summed E-state index contributed by atoms with van der Waals surface area (Å²) in [5, 5.41) is 1.10. The molecule has 9 nitrogen and oxygen atoms in total. The van der Waals surface area contributed by atoms with Gasteiger partial charge in [0.25, 0.3) is 0 Å². The Kier molecular flexibility index (Phi) is 7.20. The predicted molar refractivity (Wildman–Crippen MR) is 162 cm³/mol. The third-order valence-electron chi connectivity index (χ3n) is 8.65. The number of morpholine rings is 1. The Balaban J connectivity index is 1.39. The van der Waals surface area contributed by atoms with E-state index in [0.717, 1.165) is 58.1 Å². The van der Waals surface area contributed by atoms with Gasteiger partial charge in [0, 0.05) is 49.5 Å². The summed E-state index contributed by atoms with van der Waals surface area (Å²) in [6.07, 6.45) is 6.14. The zero-order chi connectivity index (χ0) is 29.8. The summed E-state index contributed by atoms with van der Waals surface area (Å²) in [4.78, 5) is 40.8. The zero-order valence-electron chi connectivity index (χ0n) is 25.7. The molecule has 0 spiro atoms. The lowest BCUT2D eigenvalue weighted by atomic mass is 9.87. The van der Waals surface area contributed by atoms with Crippen molar-refractivity contribution in [1.82, 2.24) is 24.7 Å². The summed E-state index contributed by atoms with van der Waals surface area (Å²) in [5.74, 6) is 0. The quantitative estimate of drug-likeness (QED) is 0.394. The SMILES string of the molecule is Cc1c[nH]c2ncc(-c3cc4c(c([C@@H]5CCCN5C(=O)OC(C)(C)C)c3)CN(C(=O)N3CCOC(C)(C)C3)CC4)cc12. The second-order valence-electron chi connectivity index (χ2n) is 13.6. The van der Waals surface area contributed by atoms with E-state index in [1.165, 1.54) is 5.56 Å². The van der Waals surface area contributed by atoms with Gasteiger partial charge in [-0.05, 0) is 101 Å². The van der Waals surface area contributed by atoms with Crippen LogP contribution in [-0.4, -0.2) is 80.8 Å². The molecule has 2 aromatic heterocycles. The van der Waals surface area contributed by atoms with E-state index >= 15 is 0 Å². The second-order valence-corrected chi connectivity index (χ2v) is 13.6. The summed E-state index contributed by atoms with van der Waals surface area (Å²) in [6, 6.07) is 6.62. The number of carbonyl (C=O) groups excluding carboxylic acids is 2. The van der Waals surface area contributed by atoms with Gasteiger partial charge >= 0.3 is 12.1 Å². The summed E-state index contributed by atoms with van der Waals surface area (Å²) in [6.45, 7) is 15.4. The number of rotatable bonds is 2. The molecule has 5 heterocycles. The van der Waals surface area contributed by atoms with Crippen LogP contribution in [0.4, 0.5) is 9.59 Å². The van der Waals surface area contributed by atoms with Gasteiger partial charge in [0.05, 0.1) is 24.8 Å². The lowest BCUT2D eigenvalue weighted by Gasteiger charge is -2.42. The highest BCUT2D eigenvalue weighted by atomic mass is 16.6. The van der Waals surface area contributed by atoms with Crippen molar-refractivity contribution < 1.29 is 19.1 Å². The zero-order valence-corrected chi connectivity index (χ0v) is 25.7. The number of nitrogens with zero attached hydrogens (tertiary/aromatic N) is 4. The molecule has 3 aliphatic heterocycles. The molecule has 3 aliphatic rings. The van der Waals surface area contributed by atoms with Crippen molar-refractivity contribution in [2.45, 2.75) is 84.6 Å². The van der Waals surface area contributed by atoms with Crippen molar-refractivity contribution in [3.63, 3.8) is 0 Å². The number of amides is 3. The molecule has 0 aliphatic carbocycles. The number of aromatic amines is 1. The lowest BCUT2D eigenvalue weighted by molar-refractivity contribution is -0.0767. The lowest BCUT2D eigenvalue weighted by Crippen LogP contribution is -2.55. The van der Waals surface area contributed by atoms with Crippen LogP contribution in [0.25, 0.3) is 22.2 Å². The topological polar surface area (TPSA) is 91.0 Å². The van der Waals surface area contributed by atoms with Crippen LogP contribution in [0.2, 0.25) is 0 Å². The second kappa shape index (κ2) is 10.6. The fraction of sp³-hybridized carbons (Fsp3) is 0.545. The molecular formula is C33H43N5O4. The maximum absolute atomic E-state index is 13.7. The van der Waals surface area contributed by atoms with E-state index < -0.39 is 5.60 Å². The van der Waals surface area contributed by atoms with Gasteiger partial charge in [-0.15, -0.1) is 0 Å². The van der Waals surface area contributed by atoms with E-state index in [2.05, 4.69) is 30.1 Å². The highest BCUT2D eigenvalue weighted by molar-refractivity contribution is 5.85. The van der Waals surface area contributed by atoms with Crippen LogP contribution in [0, 0.1) is 6.92 Å². The molecule has 0 bridgehead atoms. The minimum atomic E-state index is -0.573. The van der Waals surface area contributed by atoms with E-state index in [1.807, 2.05) is 61.7 Å². The fourth-order valence-electron chi connectivity index (χ4n) is 6.63. The van der Waals surface area contributed by atoms with Gasteiger partial charge in [0.1, 0.15) is 11.2 Å². The van der Waals surface area contributed by atoms with E-state index in [1.54, 1.807) is 0 Å². The number of urea groups is 1. The largest absolute Gasteiger partial charge is 0.444 e. The van der Waals surface area contributed by atoms with Gasteiger partial charge in [-0.3, -0.25) is 0 Å². The van der Waals surface area contributed by atoms with Crippen molar-refractivity contribution in [2.75, 3.05) is 32.8 Å². The first-order chi connectivity index (χ1) is 19.9. The van der Waals surface area contributed by atoms with Crippen molar-refractivity contribution in [2.24, 2.45) is 0 Å². The van der Waals surface area contributed by atoms with Gasteiger partial charge < -0.3 is 29.2 Å². The number of H-pyrrole nitrogens is 1. The molecular weight excluding hydrogens is 530 g/mol. The maximum atomic E-state index is 13.7.